The van der Waals surface area contributed by atoms with Gasteiger partial charge in [-0.2, -0.15) is 0 Å². The van der Waals surface area contributed by atoms with E-state index in [4.69, 9.17) is 5.11 Å². The Labute approximate surface area is 108 Å². The van der Waals surface area contributed by atoms with Gasteiger partial charge in [-0.3, -0.25) is 0 Å². The lowest BCUT2D eigenvalue weighted by Crippen LogP contribution is -2.23. The SMILES string of the molecule is O=C(O)NCCc1ccc(C(F)F)c2ccccc12. The number of carboxylic acid groups (broad SMARTS) is 1. The summed E-state index contributed by atoms with van der Waals surface area (Å²) in [4.78, 5) is 10.4. The lowest BCUT2D eigenvalue weighted by molar-refractivity contribution is 0.153. The molecule has 0 aliphatic rings. The van der Waals surface area contributed by atoms with Gasteiger partial charge >= 0.3 is 6.09 Å². The molecule has 0 saturated carbocycles. The Morgan fingerprint density at radius 2 is 1.84 bits per heavy atom. The Balaban J connectivity index is 2.35. The smallest absolute Gasteiger partial charge is 0.404 e. The minimum Gasteiger partial charge on any atom is -0.465 e. The summed E-state index contributed by atoms with van der Waals surface area (Å²) in [6.45, 7) is 0.257. The summed E-state index contributed by atoms with van der Waals surface area (Å²) in [5.41, 5.74) is 0.860. The molecule has 0 unspecified atom stereocenters. The van der Waals surface area contributed by atoms with E-state index >= 15 is 0 Å². The van der Waals surface area contributed by atoms with Crippen LogP contribution in [0, 0.1) is 0 Å². The molecular weight excluding hydrogens is 252 g/mol. The van der Waals surface area contributed by atoms with Crippen LogP contribution in [0.4, 0.5) is 13.6 Å². The molecule has 0 spiro atoms. The fourth-order valence-electron chi connectivity index (χ4n) is 2.10. The van der Waals surface area contributed by atoms with Gasteiger partial charge in [0.1, 0.15) is 0 Å². The van der Waals surface area contributed by atoms with Crippen molar-refractivity contribution in [3.05, 3.63) is 47.5 Å². The molecule has 0 radical (unpaired) electrons. The number of fused-ring (bicyclic) bond motifs is 1. The maximum atomic E-state index is 12.9. The molecule has 2 aromatic rings. The molecule has 2 rings (SSSR count). The molecule has 1 amide bonds. The average molecular weight is 265 g/mol. The van der Waals surface area contributed by atoms with Gasteiger partial charge in [0.05, 0.1) is 0 Å². The third-order valence-electron chi connectivity index (χ3n) is 2.95. The van der Waals surface area contributed by atoms with Crippen molar-refractivity contribution in [3.8, 4) is 0 Å². The zero-order valence-electron chi connectivity index (χ0n) is 10.1. The van der Waals surface area contributed by atoms with Gasteiger partial charge in [-0.05, 0) is 22.8 Å². The quantitative estimate of drug-likeness (QED) is 0.887. The summed E-state index contributed by atoms with van der Waals surface area (Å²) in [7, 11) is 0. The first-order valence-electron chi connectivity index (χ1n) is 5.85. The molecule has 2 N–H and O–H groups in total. The summed E-state index contributed by atoms with van der Waals surface area (Å²) < 4.78 is 25.8. The van der Waals surface area contributed by atoms with Crippen molar-refractivity contribution in [1.29, 1.82) is 0 Å². The van der Waals surface area contributed by atoms with Crippen molar-refractivity contribution >= 4 is 16.9 Å². The molecule has 0 aromatic heterocycles. The lowest BCUT2D eigenvalue weighted by Gasteiger charge is -2.10. The van der Waals surface area contributed by atoms with E-state index < -0.39 is 12.5 Å². The minimum atomic E-state index is -2.52. The van der Waals surface area contributed by atoms with E-state index in [0.717, 1.165) is 10.9 Å². The van der Waals surface area contributed by atoms with Crippen LogP contribution in [0.25, 0.3) is 10.8 Å². The number of hydrogen-bond donors (Lipinski definition) is 2. The minimum absolute atomic E-state index is 0.00513. The third-order valence-corrected chi connectivity index (χ3v) is 2.95. The van der Waals surface area contributed by atoms with E-state index in [1.807, 2.05) is 0 Å². The maximum Gasteiger partial charge on any atom is 0.404 e. The topological polar surface area (TPSA) is 49.3 Å². The number of carbonyl (C=O) groups is 1. The van der Waals surface area contributed by atoms with Crippen LogP contribution in [0.2, 0.25) is 0 Å². The molecule has 3 nitrogen and oxygen atoms in total. The molecular formula is C14H13F2NO2. The molecule has 5 heteroatoms. The molecule has 2 aromatic carbocycles. The van der Waals surface area contributed by atoms with Gasteiger partial charge in [-0.1, -0.05) is 36.4 Å². The zero-order valence-corrected chi connectivity index (χ0v) is 10.1. The largest absolute Gasteiger partial charge is 0.465 e. The molecule has 0 atom stereocenters. The molecule has 0 aliphatic heterocycles. The second-order valence-electron chi connectivity index (χ2n) is 4.14. The van der Waals surface area contributed by atoms with E-state index in [9.17, 15) is 13.6 Å². The first-order chi connectivity index (χ1) is 9.09. The van der Waals surface area contributed by atoms with Crippen molar-refractivity contribution in [2.24, 2.45) is 0 Å². The number of hydrogen-bond acceptors (Lipinski definition) is 1. The summed E-state index contributed by atoms with van der Waals surface area (Å²) in [5, 5.41) is 12.0. The number of nitrogens with one attached hydrogen (secondary N) is 1. The van der Waals surface area contributed by atoms with Crippen molar-refractivity contribution in [3.63, 3.8) is 0 Å². The van der Waals surface area contributed by atoms with Gasteiger partial charge in [-0.25, -0.2) is 13.6 Å². The van der Waals surface area contributed by atoms with Crippen LogP contribution in [0.5, 0.6) is 0 Å². The first-order valence-corrected chi connectivity index (χ1v) is 5.85. The maximum absolute atomic E-state index is 12.9. The van der Waals surface area contributed by atoms with Crippen LogP contribution >= 0.6 is 0 Å². The highest BCUT2D eigenvalue weighted by molar-refractivity contribution is 5.89. The van der Waals surface area contributed by atoms with Gasteiger partial charge in [0.25, 0.3) is 6.43 Å². The number of amides is 1. The van der Waals surface area contributed by atoms with Gasteiger partial charge < -0.3 is 10.4 Å². The monoisotopic (exact) mass is 265 g/mol. The molecule has 0 bridgehead atoms. The van der Waals surface area contributed by atoms with Gasteiger partial charge in [0, 0.05) is 12.1 Å². The van der Waals surface area contributed by atoms with E-state index in [-0.39, 0.29) is 12.1 Å². The van der Waals surface area contributed by atoms with Crippen LogP contribution in [-0.4, -0.2) is 17.7 Å². The first kappa shape index (κ1) is 13.3. The summed E-state index contributed by atoms with van der Waals surface area (Å²) in [5.74, 6) is 0. The highest BCUT2D eigenvalue weighted by atomic mass is 19.3. The molecule has 100 valence electrons. The van der Waals surface area contributed by atoms with Crippen LogP contribution in [0.3, 0.4) is 0 Å². The lowest BCUT2D eigenvalue weighted by atomic mass is 9.98. The van der Waals surface area contributed by atoms with Crippen molar-refractivity contribution in [1.82, 2.24) is 5.32 Å². The molecule has 0 saturated heterocycles. The second-order valence-corrected chi connectivity index (χ2v) is 4.14. The van der Waals surface area contributed by atoms with Crippen molar-refractivity contribution < 1.29 is 18.7 Å². The molecule has 19 heavy (non-hydrogen) atoms. The van der Waals surface area contributed by atoms with Crippen LogP contribution in [-0.2, 0) is 6.42 Å². The van der Waals surface area contributed by atoms with Crippen LogP contribution < -0.4 is 5.32 Å². The number of alkyl halides is 2. The fourth-order valence-corrected chi connectivity index (χ4v) is 2.10. The molecule has 0 heterocycles. The highest BCUT2D eigenvalue weighted by Crippen LogP contribution is 2.29. The predicted molar refractivity (Wildman–Crippen MR) is 68.6 cm³/mol. The van der Waals surface area contributed by atoms with Crippen molar-refractivity contribution in [2.45, 2.75) is 12.8 Å². The number of rotatable bonds is 4. The Bertz CT molecular complexity index is 599. The normalized spacial score (nSPS) is 10.9. The fraction of sp³-hybridized carbons (Fsp3) is 0.214. The van der Waals surface area contributed by atoms with E-state index in [1.54, 1.807) is 30.3 Å². The van der Waals surface area contributed by atoms with E-state index in [0.29, 0.717) is 11.8 Å². The second kappa shape index (κ2) is 5.65. The Morgan fingerprint density at radius 3 is 2.47 bits per heavy atom. The standard InChI is InChI=1S/C14H13F2NO2/c15-13(16)12-6-5-9(7-8-17-14(18)19)10-3-1-2-4-11(10)12/h1-6,13,17H,7-8H2,(H,18,19). The third kappa shape index (κ3) is 2.99. The van der Waals surface area contributed by atoms with Crippen LogP contribution in [0.1, 0.15) is 17.6 Å². The van der Waals surface area contributed by atoms with E-state index in [2.05, 4.69) is 5.32 Å². The van der Waals surface area contributed by atoms with E-state index in [1.165, 1.54) is 6.07 Å². The zero-order chi connectivity index (χ0) is 13.8. The summed E-state index contributed by atoms with van der Waals surface area (Å²) >= 11 is 0. The Hall–Kier alpha value is -2.17. The average Bonchev–Trinajstić information content (AvgIpc) is 2.38. The van der Waals surface area contributed by atoms with Gasteiger partial charge in [0.2, 0.25) is 0 Å². The van der Waals surface area contributed by atoms with Crippen LogP contribution in [0.15, 0.2) is 36.4 Å². The summed E-state index contributed by atoms with van der Waals surface area (Å²) in [6.07, 6.45) is -3.14. The van der Waals surface area contributed by atoms with Gasteiger partial charge in [0.15, 0.2) is 0 Å². The molecule has 0 aliphatic carbocycles. The number of halogens is 2. The summed E-state index contributed by atoms with van der Waals surface area (Å²) in [6, 6.07) is 9.97. The molecule has 0 fully saturated rings. The Morgan fingerprint density at radius 1 is 1.16 bits per heavy atom. The van der Waals surface area contributed by atoms with Crippen molar-refractivity contribution in [2.75, 3.05) is 6.54 Å². The number of benzene rings is 2. The van der Waals surface area contributed by atoms with Gasteiger partial charge in [-0.15, -0.1) is 0 Å². The highest BCUT2D eigenvalue weighted by Gasteiger charge is 2.13. The predicted octanol–water partition coefficient (Wildman–Crippen LogP) is 3.59. The Kier molecular flexibility index (Phi) is 3.94.